The van der Waals surface area contributed by atoms with Crippen molar-refractivity contribution in [3.05, 3.63) is 71.3 Å². The Morgan fingerprint density at radius 3 is 2.33 bits per heavy atom. The number of aryl methyl sites for hydroxylation is 1. The molecule has 3 aliphatic heterocycles. The van der Waals surface area contributed by atoms with Crippen molar-refractivity contribution in [2.75, 3.05) is 26.2 Å². The molecule has 3 aliphatic rings. The molecule has 8 nitrogen and oxygen atoms in total. The third-order valence-corrected chi connectivity index (χ3v) is 9.31. The molecule has 43 heavy (non-hydrogen) atoms. The Kier molecular flexibility index (Phi) is 7.69. The molecule has 0 radical (unpaired) electrons. The van der Waals surface area contributed by atoms with Gasteiger partial charge in [-0.05, 0) is 83.3 Å². The maximum absolute atomic E-state index is 15.1. The molecule has 3 aromatic heterocycles. The van der Waals surface area contributed by atoms with Crippen LogP contribution in [-0.2, 0) is 17.7 Å². The lowest BCUT2D eigenvalue weighted by Crippen LogP contribution is -2.51. The van der Waals surface area contributed by atoms with Gasteiger partial charge in [0.05, 0.1) is 30.3 Å². The summed E-state index contributed by atoms with van der Waals surface area (Å²) in [7, 11) is 0. The number of imidazole rings is 1. The number of piperidine rings is 1. The van der Waals surface area contributed by atoms with Gasteiger partial charge in [0.1, 0.15) is 23.0 Å². The number of nitrogens with zero attached hydrogens (tertiary/aromatic N) is 7. The zero-order valence-corrected chi connectivity index (χ0v) is 25.1. The molecule has 2 unspecified atom stereocenters. The molecular weight excluding hydrogens is 548 g/mol. The fourth-order valence-electron chi connectivity index (χ4n) is 7.24. The molecule has 0 amide bonds. The smallest absolute Gasteiger partial charge is 0.151 e. The molecule has 4 aromatic rings. The van der Waals surface area contributed by atoms with Gasteiger partial charge in [-0.15, -0.1) is 0 Å². The molecule has 3 saturated heterocycles. The number of rotatable bonds is 7. The quantitative estimate of drug-likeness (QED) is 0.284. The lowest BCUT2D eigenvalue weighted by molar-refractivity contribution is -0.0608. The predicted molar refractivity (Wildman–Crippen MR) is 161 cm³/mol. The van der Waals surface area contributed by atoms with Gasteiger partial charge in [0.25, 0.3) is 0 Å². The van der Waals surface area contributed by atoms with Crippen molar-refractivity contribution in [2.24, 2.45) is 0 Å². The number of hydrogen-bond donors (Lipinski definition) is 0. The standard InChI is InChI=1S/C33H39F2N7O/c1-20(2)42-21(3)39-33-29(34)10-23(11-31(33)42)28-12-24(36-16-30(28)35)13-32-37-14-22(15-38-32)17-40-8-6-25(7-9-40)41-18-26-4-5-27(19-41)43-26/h10-12,14-16,20,25-27H,4-9,13,17-19H2,1-3H3. The van der Waals surface area contributed by atoms with Crippen LogP contribution in [0.3, 0.4) is 0 Å². The summed E-state index contributed by atoms with van der Waals surface area (Å²) >= 11 is 0. The Bertz CT molecular complexity index is 1600. The summed E-state index contributed by atoms with van der Waals surface area (Å²) in [4.78, 5) is 23.0. The highest BCUT2D eigenvalue weighted by Crippen LogP contribution is 2.32. The second-order valence-electron chi connectivity index (χ2n) is 12.7. The summed E-state index contributed by atoms with van der Waals surface area (Å²) in [6, 6.07) is 5.57. The van der Waals surface area contributed by atoms with Gasteiger partial charge >= 0.3 is 0 Å². The van der Waals surface area contributed by atoms with Crippen molar-refractivity contribution in [1.82, 2.24) is 34.3 Å². The summed E-state index contributed by atoms with van der Waals surface area (Å²) in [5.41, 5.74) is 3.40. The number of fused-ring (bicyclic) bond motifs is 3. The van der Waals surface area contributed by atoms with E-state index in [-0.39, 0.29) is 6.04 Å². The van der Waals surface area contributed by atoms with E-state index in [4.69, 9.17) is 4.74 Å². The first kappa shape index (κ1) is 28.4. The molecule has 0 saturated carbocycles. The van der Waals surface area contributed by atoms with E-state index in [0.29, 0.717) is 58.3 Å². The van der Waals surface area contributed by atoms with E-state index < -0.39 is 11.6 Å². The fraction of sp³-hybridized carbons (Fsp3) is 0.515. The normalized spacial score (nSPS) is 21.8. The molecule has 7 rings (SSSR count). The number of hydrogen-bond acceptors (Lipinski definition) is 7. The van der Waals surface area contributed by atoms with Crippen molar-refractivity contribution in [3.63, 3.8) is 0 Å². The molecule has 3 fully saturated rings. The minimum atomic E-state index is -0.504. The van der Waals surface area contributed by atoms with E-state index in [1.807, 2.05) is 37.7 Å². The highest BCUT2D eigenvalue weighted by atomic mass is 19.1. The highest BCUT2D eigenvalue weighted by Gasteiger charge is 2.37. The summed E-state index contributed by atoms with van der Waals surface area (Å²) in [5.74, 6) is 0.367. The van der Waals surface area contributed by atoms with Gasteiger partial charge in [-0.3, -0.25) is 14.8 Å². The highest BCUT2D eigenvalue weighted by molar-refractivity contribution is 5.83. The van der Waals surface area contributed by atoms with E-state index in [1.54, 1.807) is 12.1 Å². The molecular formula is C33H39F2N7O. The summed E-state index contributed by atoms with van der Waals surface area (Å²) in [5, 5.41) is 0. The van der Waals surface area contributed by atoms with Crippen LogP contribution in [0.4, 0.5) is 8.78 Å². The Morgan fingerprint density at radius 1 is 0.907 bits per heavy atom. The number of halogens is 2. The molecule has 226 valence electrons. The number of ether oxygens (including phenoxy) is 1. The van der Waals surface area contributed by atoms with Gasteiger partial charge in [-0.25, -0.2) is 23.7 Å². The number of likely N-dealkylation sites (tertiary alicyclic amines) is 2. The van der Waals surface area contributed by atoms with Crippen LogP contribution in [0.1, 0.15) is 68.5 Å². The lowest BCUT2D eigenvalue weighted by atomic mass is 10.0. The largest absolute Gasteiger partial charge is 0.372 e. The summed E-state index contributed by atoms with van der Waals surface area (Å²) in [6.07, 6.45) is 11.0. The number of benzene rings is 1. The van der Waals surface area contributed by atoms with Gasteiger partial charge in [0.2, 0.25) is 0 Å². The van der Waals surface area contributed by atoms with Crippen LogP contribution in [0.25, 0.3) is 22.2 Å². The minimum absolute atomic E-state index is 0.0922. The zero-order chi connectivity index (χ0) is 29.7. The Labute approximate surface area is 251 Å². The average molecular weight is 588 g/mol. The number of aromatic nitrogens is 5. The van der Waals surface area contributed by atoms with Crippen molar-refractivity contribution in [1.29, 1.82) is 0 Å². The van der Waals surface area contributed by atoms with Crippen molar-refractivity contribution in [3.8, 4) is 11.1 Å². The van der Waals surface area contributed by atoms with Crippen LogP contribution >= 0.6 is 0 Å². The summed E-state index contributed by atoms with van der Waals surface area (Å²) in [6.45, 7) is 11.1. The Hall–Kier alpha value is -3.34. The predicted octanol–water partition coefficient (Wildman–Crippen LogP) is 5.47. The first-order valence-corrected chi connectivity index (χ1v) is 15.5. The number of morpholine rings is 1. The molecule has 0 spiro atoms. The van der Waals surface area contributed by atoms with E-state index in [0.717, 1.165) is 44.1 Å². The van der Waals surface area contributed by atoms with Crippen LogP contribution in [0, 0.1) is 18.6 Å². The van der Waals surface area contributed by atoms with Crippen LogP contribution in [0.15, 0.2) is 36.8 Å². The average Bonchev–Trinajstić information content (AvgIpc) is 3.52. The van der Waals surface area contributed by atoms with E-state index in [2.05, 4.69) is 29.7 Å². The summed E-state index contributed by atoms with van der Waals surface area (Å²) < 4.78 is 38.0. The van der Waals surface area contributed by atoms with Crippen molar-refractivity contribution in [2.45, 2.75) is 83.7 Å². The maximum atomic E-state index is 15.1. The molecule has 0 N–H and O–H groups in total. The van der Waals surface area contributed by atoms with Gasteiger partial charge in [0, 0.05) is 60.9 Å². The van der Waals surface area contributed by atoms with Gasteiger partial charge in [-0.1, -0.05) is 0 Å². The number of pyridine rings is 1. The van der Waals surface area contributed by atoms with Crippen molar-refractivity contribution >= 4 is 11.0 Å². The molecule has 2 bridgehead atoms. The second-order valence-corrected chi connectivity index (χ2v) is 12.7. The molecule has 10 heteroatoms. The first-order chi connectivity index (χ1) is 20.8. The molecule has 0 aliphatic carbocycles. The van der Waals surface area contributed by atoms with Crippen LogP contribution in [-0.4, -0.2) is 78.7 Å². The van der Waals surface area contributed by atoms with E-state index in [1.165, 1.54) is 37.9 Å². The molecule has 6 heterocycles. The van der Waals surface area contributed by atoms with Crippen molar-refractivity contribution < 1.29 is 13.5 Å². The molecule has 1 aromatic carbocycles. The third kappa shape index (κ3) is 5.80. The van der Waals surface area contributed by atoms with Crippen LogP contribution in [0.5, 0.6) is 0 Å². The monoisotopic (exact) mass is 587 g/mol. The topological polar surface area (TPSA) is 72.2 Å². The van der Waals surface area contributed by atoms with Crippen LogP contribution < -0.4 is 0 Å². The maximum Gasteiger partial charge on any atom is 0.151 e. The lowest BCUT2D eigenvalue weighted by Gasteiger charge is -2.42. The SMILES string of the molecule is Cc1nc2c(F)cc(-c3cc(Cc4ncc(CN5CCC(N6CC7CCC(C6)O7)CC5)cn4)ncc3F)cc2n1C(C)C. The van der Waals surface area contributed by atoms with Gasteiger partial charge in [0.15, 0.2) is 5.82 Å². The van der Waals surface area contributed by atoms with Gasteiger partial charge < -0.3 is 9.30 Å². The Morgan fingerprint density at radius 2 is 1.63 bits per heavy atom. The third-order valence-electron chi connectivity index (χ3n) is 9.31. The van der Waals surface area contributed by atoms with Gasteiger partial charge in [-0.2, -0.15) is 0 Å². The van der Waals surface area contributed by atoms with E-state index >= 15 is 4.39 Å². The molecule has 2 atom stereocenters. The van der Waals surface area contributed by atoms with Crippen LogP contribution in [0.2, 0.25) is 0 Å². The van der Waals surface area contributed by atoms with E-state index in [9.17, 15) is 4.39 Å². The first-order valence-electron chi connectivity index (χ1n) is 15.5. The minimum Gasteiger partial charge on any atom is -0.372 e. The fourth-order valence-corrected chi connectivity index (χ4v) is 7.24. The Balaban J connectivity index is 1.00. The second kappa shape index (κ2) is 11.6. The zero-order valence-electron chi connectivity index (χ0n) is 25.1.